The summed E-state index contributed by atoms with van der Waals surface area (Å²) in [6, 6.07) is 13.2. The van der Waals surface area contributed by atoms with E-state index < -0.39 is 5.97 Å². The van der Waals surface area contributed by atoms with E-state index in [2.05, 4.69) is 4.98 Å². The molecule has 0 saturated carbocycles. The van der Waals surface area contributed by atoms with Gasteiger partial charge in [-0.2, -0.15) is 0 Å². The van der Waals surface area contributed by atoms with Gasteiger partial charge in [0, 0.05) is 13.0 Å². The Labute approximate surface area is 145 Å². The van der Waals surface area contributed by atoms with E-state index in [0.29, 0.717) is 29.2 Å². The van der Waals surface area contributed by atoms with Gasteiger partial charge in [0.1, 0.15) is 23.4 Å². The summed E-state index contributed by atoms with van der Waals surface area (Å²) in [5.74, 6) is 0.311. The van der Waals surface area contributed by atoms with Crippen molar-refractivity contribution in [3.63, 3.8) is 0 Å². The van der Waals surface area contributed by atoms with Crippen molar-refractivity contribution in [1.29, 1.82) is 0 Å². The average Bonchev–Trinajstić information content (AvgIpc) is 2.99. The highest BCUT2D eigenvalue weighted by Crippen LogP contribution is 2.29. The summed E-state index contributed by atoms with van der Waals surface area (Å²) >= 11 is 0. The summed E-state index contributed by atoms with van der Waals surface area (Å²) in [7, 11) is 1.31. The number of methoxy groups -OCH3 is 1. The van der Waals surface area contributed by atoms with Crippen LogP contribution in [0.1, 0.15) is 21.8 Å². The van der Waals surface area contributed by atoms with Crippen molar-refractivity contribution < 1.29 is 18.7 Å². The summed E-state index contributed by atoms with van der Waals surface area (Å²) in [5.41, 5.74) is 8.46. The zero-order chi connectivity index (χ0) is 17.8. The fourth-order valence-corrected chi connectivity index (χ4v) is 2.67. The van der Waals surface area contributed by atoms with Crippen LogP contribution in [0, 0.1) is 6.92 Å². The number of carbonyl (C=O) groups is 1. The molecule has 0 amide bonds. The quantitative estimate of drug-likeness (QED) is 0.694. The van der Waals surface area contributed by atoms with Gasteiger partial charge in [-0.3, -0.25) is 0 Å². The van der Waals surface area contributed by atoms with Gasteiger partial charge in [0.15, 0.2) is 11.5 Å². The van der Waals surface area contributed by atoms with Crippen LogP contribution in [0.5, 0.6) is 5.75 Å². The molecular formula is C19H20N2O4. The number of nitrogens with two attached hydrogens (primary N) is 1. The summed E-state index contributed by atoms with van der Waals surface area (Å²) in [4.78, 5) is 16.4. The largest absolute Gasteiger partial charge is 0.491 e. The Morgan fingerprint density at radius 2 is 2.00 bits per heavy atom. The number of oxazole rings is 1. The first-order valence-electron chi connectivity index (χ1n) is 7.99. The highest BCUT2D eigenvalue weighted by atomic mass is 16.5. The molecule has 0 fully saturated rings. The molecule has 0 aliphatic heterocycles. The van der Waals surface area contributed by atoms with E-state index in [4.69, 9.17) is 19.6 Å². The van der Waals surface area contributed by atoms with Gasteiger partial charge < -0.3 is 19.6 Å². The maximum absolute atomic E-state index is 12.2. The van der Waals surface area contributed by atoms with Crippen molar-refractivity contribution in [2.24, 2.45) is 5.73 Å². The monoisotopic (exact) mass is 340 g/mol. The predicted molar refractivity (Wildman–Crippen MR) is 93.7 cm³/mol. The molecule has 1 heterocycles. The minimum atomic E-state index is -0.534. The van der Waals surface area contributed by atoms with Gasteiger partial charge in [-0.1, -0.05) is 30.3 Å². The first kappa shape index (κ1) is 17.0. The highest BCUT2D eigenvalue weighted by molar-refractivity contribution is 6.03. The fourth-order valence-electron chi connectivity index (χ4n) is 2.67. The van der Waals surface area contributed by atoms with Gasteiger partial charge in [0.25, 0.3) is 0 Å². The third kappa shape index (κ3) is 3.80. The number of nitrogens with zero attached hydrogens (tertiary/aromatic N) is 1. The smallest absolute Gasteiger partial charge is 0.345 e. The van der Waals surface area contributed by atoms with E-state index in [9.17, 15) is 4.79 Å². The van der Waals surface area contributed by atoms with E-state index in [1.807, 2.05) is 30.3 Å². The average molecular weight is 340 g/mol. The summed E-state index contributed by atoms with van der Waals surface area (Å²) in [6.07, 6.45) is 0.679. The number of fused-ring (bicyclic) bond motifs is 1. The number of ether oxygens (including phenoxy) is 2. The van der Waals surface area contributed by atoms with Crippen LogP contribution in [-0.2, 0) is 11.2 Å². The van der Waals surface area contributed by atoms with Crippen molar-refractivity contribution in [2.45, 2.75) is 19.4 Å². The highest BCUT2D eigenvalue weighted by Gasteiger charge is 2.22. The van der Waals surface area contributed by atoms with Gasteiger partial charge >= 0.3 is 5.97 Å². The van der Waals surface area contributed by atoms with Crippen LogP contribution in [0.15, 0.2) is 46.9 Å². The molecule has 0 aliphatic rings. The summed E-state index contributed by atoms with van der Waals surface area (Å²) < 4.78 is 16.2. The molecule has 1 atom stereocenters. The number of hydrogen-bond acceptors (Lipinski definition) is 6. The number of rotatable bonds is 6. The number of aryl methyl sites for hydroxylation is 1. The molecule has 6 nitrogen and oxygen atoms in total. The second kappa shape index (κ2) is 7.36. The Morgan fingerprint density at radius 3 is 2.72 bits per heavy atom. The third-order valence-electron chi connectivity index (χ3n) is 3.81. The lowest BCUT2D eigenvalue weighted by Crippen LogP contribution is -2.30. The Hall–Kier alpha value is -2.86. The second-order valence-electron chi connectivity index (χ2n) is 5.77. The van der Waals surface area contributed by atoms with Crippen molar-refractivity contribution >= 4 is 17.1 Å². The molecule has 2 aromatic carbocycles. The molecule has 2 N–H and O–H groups in total. The zero-order valence-electron chi connectivity index (χ0n) is 14.2. The maximum atomic E-state index is 12.2. The maximum Gasteiger partial charge on any atom is 0.345 e. The zero-order valence-corrected chi connectivity index (χ0v) is 14.2. The molecule has 3 aromatic rings. The van der Waals surface area contributed by atoms with Crippen molar-refractivity contribution in [1.82, 2.24) is 4.98 Å². The Bertz CT molecular complexity index is 874. The van der Waals surface area contributed by atoms with Gasteiger partial charge in [-0.05, 0) is 24.1 Å². The molecule has 0 bridgehead atoms. The molecule has 0 aliphatic carbocycles. The second-order valence-corrected chi connectivity index (χ2v) is 5.77. The van der Waals surface area contributed by atoms with Crippen molar-refractivity contribution in [2.75, 3.05) is 13.7 Å². The molecule has 1 aromatic heterocycles. The molecular weight excluding hydrogens is 320 g/mol. The van der Waals surface area contributed by atoms with Crippen LogP contribution in [0.4, 0.5) is 0 Å². The van der Waals surface area contributed by atoms with Crippen LogP contribution in [-0.4, -0.2) is 30.7 Å². The third-order valence-corrected chi connectivity index (χ3v) is 3.81. The van der Waals surface area contributed by atoms with Gasteiger partial charge in [0.05, 0.1) is 7.11 Å². The van der Waals surface area contributed by atoms with Crippen LogP contribution < -0.4 is 10.5 Å². The summed E-state index contributed by atoms with van der Waals surface area (Å²) in [6.45, 7) is 1.98. The van der Waals surface area contributed by atoms with E-state index in [0.717, 1.165) is 5.56 Å². The predicted octanol–water partition coefficient (Wildman–Crippen LogP) is 2.87. The normalized spacial score (nSPS) is 12.1. The van der Waals surface area contributed by atoms with Gasteiger partial charge in [0.2, 0.25) is 0 Å². The van der Waals surface area contributed by atoms with Gasteiger partial charge in [-0.15, -0.1) is 0 Å². The lowest BCUT2D eigenvalue weighted by Gasteiger charge is -2.15. The number of hydrogen-bond donors (Lipinski definition) is 1. The Kier molecular flexibility index (Phi) is 5.00. The van der Waals surface area contributed by atoms with Crippen molar-refractivity contribution in [3.05, 3.63) is 59.5 Å². The molecule has 3 rings (SSSR count). The van der Waals surface area contributed by atoms with E-state index in [1.54, 1.807) is 19.1 Å². The molecule has 0 unspecified atom stereocenters. The lowest BCUT2D eigenvalue weighted by molar-refractivity contribution is 0.0596. The number of esters is 1. The minimum Gasteiger partial charge on any atom is -0.491 e. The van der Waals surface area contributed by atoms with Crippen LogP contribution in [0.2, 0.25) is 0 Å². The number of aromatic nitrogens is 1. The molecule has 130 valence electrons. The van der Waals surface area contributed by atoms with E-state index in [-0.39, 0.29) is 18.2 Å². The topological polar surface area (TPSA) is 87.6 Å². The Morgan fingerprint density at radius 1 is 1.24 bits per heavy atom. The molecule has 0 saturated heterocycles. The minimum absolute atomic E-state index is 0.208. The SMILES string of the molecule is COC(=O)c1c(OC[C@H](N)Cc2ccccc2)ccc2nc(C)oc12. The van der Waals surface area contributed by atoms with Crippen LogP contribution in [0.25, 0.3) is 11.1 Å². The first-order valence-corrected chi connectivity index (χ1v) is 7.99. The fraction of sp³-hybridized carbons (Fsp3) is 0.263. The first-order chi connectivity index (χ1) is 12.1. The molecule has 0 spiro atoms. The molecule has 25 heavy (non-hydrogen) atoms. The lowest BCUT2D eigenvalue weighted by atomic mass is 10.1. The summed E-state index contributed by atoms with van der Waals surface area (Å²) in [5, 5.41) is 0. The Balaban J connectivity index is 1.79. The van der Waals surface area contributed by atoms with E-state index in [1.165, 1.54) is 7.11 Å². The van der Waals surface area contributed by atoms with Gasteiger partial charge in [-0.25, -0.2) is 9.78 Å². The van der Waals surface area contributed by atoms with Crippen LogP contribution in [0.3, 0.4) is 0 Å². The van der Waals surface area contributed by atoms with E-state index >= 15 is 0 Å². The van der Waals surface area contributed by atoms with Crippen LogP contribution >= 0.6 is 0 Å². The standard InChI is InChI=1S/C19H20N2O4/c1-12-21-15-8-9-16(17(18(15)25-12)19(22)23-2)24-11-14(20)10-13-6-4-3-5-7-13/h3-9,14H,10-11,20H2,1-2H3/t14-/m1/s1. The molecule has 6 heteroatoms. The molecule has 0 radical (unpaired) electrons. The number of carbonyl (C=O) groups excluding carboxylic acids is 1. The van der Waals surface area contributed by atoms with Crippen molar-refractivity contribution in [3.8, 4) is 5.75 Å². The number of benzene rings is 2.